The number of nitrogens with one attached hydrogen (secondary N) is 2. The van der Waals surface area contributed by atoms with Gasteiger partial charge in [0.25, 0.3) is 5.91 Å². The standard InChI is InChI=1S/C19H18ClN3O3/c1-12-4-3-5-15(10-12)21-16(24)11-23-17(25)19(2,22-18(23)26)13-6-8-14(20)9-7-13/h3-10H,11H2,1-2H3,(H,21,24)(H,22,26). The minimum Gasteiger partial charge on any atom is -0.325 e. The lowest BCUT2D eigenvalue weighted by Crippen LogP contribution is -2.42. The van der Waals surface area contributed by atoms with Crippen LogP contribution >= 0.6 is 11.6 Å². The van der Waals surface area contributed by atoms with Crippen molar-refractivity contribution in [2.45, 2.75) is 19.4 Å². The summed E-state index contributed by atoms with van der Waals surface area (Å²) >= 11 is 5.88. The Morgan fingerprint density at radius 3 is 2.54 bits per heavy atom. The van der Waals surface area contributed by atoms with Crippen LogP contribution < -0.4 is 10.6 Å². The molecule has 1 aliphatic rings. The van der Waals surface area contributed by atoms with Gasteiger partial charge in [-0.3, -0.25) is 14.5 Å². The minimum atomic E-state index is -1.23. The second-order valence-electron chi connectivity index (χ2n) is 6.37. The number of benzene rings is 2. The van der Waals surface area contributed by atoms with Gasteiger partial charge in [-0.1, -0.05) is 35.9 Å². The normalized spacial score (nSPS) is 19.4. The number of rotatable bonds is 4. The van der Waals surface area contributed by atoms with Crippen molar-refractivity contribution in [1.29, 1.82) is 0 Å². The summed E-state index contributed by atoms with van der Waals surface area (Å²) in [5.74, 6) is -0.927. The van der Waals surface area contributed by atoms with Gasteiger partial charge < -0.3 is 10.6 Å². The lowest BCUT2D eigenvalue weighted by molar-refractivity contribution is -0.133. The van der Waals surface area contributed by atoms with Crippen molar-refractivity contribution >= 4 is 35.1 Å². The molecular weight excluding hydrogens is 354 g/mol. The molecule has 0 spiro atoms. The molecule has 0 aliphatic carbocycles. The van der Waals surface area contributed by atoms with Gasteiger partial charge in [0.05, 0.1) is 0 Å². The van der Waals surface area contributed by atoms with Gasteiger partial charge >= 0.3 is 6.03 Å². The van der Waals surface area contributed by atoms with E-state index in [9.17, 15) is 14.4 Å². The first-order valence-corrected chi connectivity index (χ1v) is 8.44. The molecule has 2 aromatic carbocycles. The molecule has 0 radical (unpaired) electrons. The van der Waals surface area contributed by atoms with Gasteiger partial charge in [-0.25, -0.2) is 4.79 Å². The van der Waals surface area contributed by atoms with E-state index in [1.807, 2.05) is 25.1 Å². The summed E-state index contributed by atoms with van der Waals surface area (Å²) in [5, 5.41) is 5.88. The Bertz CT molecular complexity index is 882. The average Bonchev–Trinajstić information content (AvgIpc) is 2.79. The zero-order valence-corrected chi connectivity index (χ0v) is 15.1. The smallest absolute Gasteiger partial charge is 0.325 e. The molecule has 0 aromatic heterocycles. The molecule has 134 valence electrons. The number of hydrogen-bond donors (Lipinski definition) is 2. The highest BCUT2D eigenvalue weighted by Crippen LogP contribution is 2.29. The van der Waals surface area contributed by atoms with Crippen LogP contribution in [0.4, 0.5) is 10.5 Å². The highest BCUT2D eigenvalue weighted by atomic mass is 35.5. The van der Waals surface area contributed by atoms with Gasteiger partial charge in [-0.05, 0) is 49.2 Å². The summed E-state index contributed by atoms with van der Waals surface area (Å²) in [5.41, 5.74) is 0.975. The number of imide groups is 1. The molecule has 0 bridgehead atoms. The van der Waals surface area contributed by atoms with Crippen molar-refractivity contribution in [2.75, 3.05) is 11.9 Å². The second kappa shape index (κ2) is 6.80. The SMILES string of the molecule is Cc1cccc(NC(=O)CN2C(=O)NC(C)(c3ccc(Cl)cc3)C2=O)c1. The molecule has 2 aromatic rings. The first-order valence-electron chi connectivity index (χ1n) is 8.06. The Hall–Kier alpha value is -2.86. The molecule has 7 heteroatoms. The van der Waals surface area contributed by atoms with Crippen molar-refractivity contribution in [1.82, 2.24) is 10.2 Å². The van der Waals surface area contributed by atoms with Crippen LogP contribution in [0.25, 0.3) is 0 Å². The molecule has 2 N–H and O–H groups in total. The molecule has 1 aliphatic heterocycles. The Morgan fingerprint density at radius 2 is 1.88 bits per heavy atom. The predicted octanol–water partition coefficient (Wildman–Crippen LogP) is 3.05. The number of amides is 4. The van der Waals surface area contributed by atoms with E-state index in [1.54, 1.807) is 37.3 Å². The van der Waals surface area contributed by atoms with E-state index >= 15 is 0 Å². The van der Waals surface area contributed by atoms with Gasteiger partial charge in [0.2, 0.25) is 5.91 Å². The topological polar surface area (TPSA) is 78.5 Å². The first-order chi connectivity index (χ1) is 12.3. The average molecular weight is 372 g/mol. The maximum Gasteiger partial charge on any atom is 0.325 e. The lowest BCUT2D eigenvalue weighted by Gasteiger charge is -2.22. The lowest BCUT2D eigenvalue weighted by atomic mass is 9.92. The van der Waals surface area contributed by atoms with Gasteiger partial charge in [0.15, 0.2) is 0 Å². The summed E-state index contributed by atoms with van der Waals surface area (Å²) in [6.45, 7) is 3.15. The monoisotopic (exact) mass is 371 g/mol. The summed E-state index contributed by atoms with van der Waals surface area (Å²) < 4.78 is 0. The fourth-order valence-electron chi connectivity index (χ4n) is 2.89. The highest BCUT2D eigenvalue weighted by Gasteiger charge is 2.49. The van der Waals surface area contributed by atoms with Crippen LogP contribution in [0.2, 0.25) is 5.02 Å². The Morgan fingerprint density at radius 1 is 1.19 bits per heavy atom. The third kappa shape index (κ3) is 3.41. The molecule has 6 nitrogen and oxygen atoms in total. The predicted molar refractivity (Wildman–Crippen MR) is 98.9 cm³/mol. The largest absolute Gasteiger partial charge is 0.325 e. The molecule has 1 fully saturated rings. The van der Waals surface area contributed by atoms with Crippen LogP contribution in [-0.2, 0) is 15.1 Å². The van der Waals surface area contributed by atoms with Crippen molar-refractivity contribution in [3.8, 4) is 0 Å². The van der Waals surface area contributed by atoms with Crippen molar-refractivity contribution < 1.29 is 14.4 Å². The van der Waals surface area contributed by atoms with Crippen LogP contribution in [0.3, 0.4) is 0 Å². The molecule has 0 saturated carbocycles. The molecule has 3 rings (SSSR count). The zero-order valence-electron chi connectivity index (χ0n) is 14.4. The molecule has 1 unspecified atom stereocenters. The van der Waals surface area contributed by atoms with Crippen molar-refractivity contribution in [3.05, 3.63) is 64.7 Å². The number of nitrogens with zero attached hydrogens (tertiary/aromatic N) is 1. The molecule has 1 heterocycles. The van der Waals surface area contributed by atoms with E-state index < -0.39 is 23.4 Å². The van der Waals surface area contributed by atoms with Gasteiger partial charge in [0, 0.05) is 10.7 Å². The Kier molecular flexibility index (Phi) is 4.70. The number of urea groups is 1. The number of carbonyl (C=O) groups excluding carboxylic acids is 3. The van der Waals surface area contributed by atoms with Crippen LogP contribution in [-0.4, -0.2) is 29.3 Å². The van der Waals surface area contributed by atoms with Crippen molar-refractivity contribution in [3.63, 3.8) is 0 Å². The summed E-state index contributed by atoms with van der Waals surface area (Å²) in [6, 6.07) is 13.3. The van der Waals surface area contributed by atoms with Gasteiger partial charge in [-0.15, -0.1) is 0 Å². The number of halogens is 1. The fraction of sp³-hybridized carbons (Fsp3) is 0.211. The number of aryl methyl sites for hydroxylation is 1. The summed E-state index contributed by atoms with van der Waals surface area (Å²) in [4.78, 5) is 38.2. The summed E-state index contributed by atoms with van der Waals surface area (Å²) in [6.07, 6.45) is 0. The van der Waals surface area contributed by atoms with E-state index in [4.69, 9.17) is 11.6 Å². The number of hydrogen-bond acceptors (Lipinski definition) is 3. The second-order valence-corrected chi connectivity index (χ2v) is 6.81. The van der Waals surface area contributed by atoms with Crippen LogP contribution in [0, 0.1) is 6.92 Å². The number of anilines is 1. The zero-order chi connectivity index (χ0) is 18.9. The van der Waals surface area contributed by atoms with Crippen LogP contribution in [0.1, 0.15) is 18.1 Å². The quantitative estimate of drug-likeness (QED) is 0.811. The van der Waals surface area contributed by atoms with E-state index in [2.05, 4.69) is 10.6 Å². The number of carbonyl (C=O) groups is 3. The highest BCUT2D eigenvalue weighted by molar-refractivity contribution is 6.30. The van der Waals surface area contributed by atoms with Crippen molar-refractivity contribution in [2.24, 2.45) is 0 Å². The van der Waals surface area contributed by atoms with Gasteiger partial charge in [-0.2, -0.15) is 0 Å². The first kappa shape index (κ1) is 17.9. The van der Waals surface area contributed by atoms with E-state index in [-0.39, 0.29) is 6.54 Å². The van der Waals surface area contributed by atoms with E-state index in [0.29, 0.717) is 16.3 Å². The van der Waals surface area contributed by atoms with E-state index in [1.165, 1.54) is 0 Å². The fourth-order valence-corrected chi connectivity index (χ4v) is 3.01. The third-order valence-electron chi connectivity index (χ3n) is 4.30. The molecule has 1 saturated heterocycles. The Balaban J connectivity index is 1.74. The molecular formula is C19H18ClN3O3. The van der Waals surface area contributed by atoms with Crippen LogP contribution in [0.5, 0.6) is 0 Å². The molecule has 1 atom stereocenters. The third-order valence-corrected chi connectivity index (χ3v) is 4.55. The molecule has 26 heavy (non-hydrogen) atoms. The maximum absolute atomic E-state index is 12.8. The Labute approximate surface area is 156 Å². The minimum absolute atomic E-state index is 0.359. The molecule has 4 amide bonds. The van der Waals surface area contributed by atoms with E-state index in [0.717, 1.165) is 10.5 Å². The van der Waals surface area contributed by atoms with Crippen LogP contribution in [0.15, 0.2) is 48.5 Å². The van der Waals surface area contributed by atoms with Gasteiger partial charge in [0.1, 0.15) is 12.1 Å². The summed E-state index contributed by atoms with van der Waals surface area (Å²) in [7, 11) is 0. The maximum atomic E-state index is 12.8.